The normalized spacial score (nSPS) is 19.5. The van der Waals surface area contributed by atoms with Gasteiger partial charge in [0, 0.05) is 24.7 Å². The predicted octanol–water partition coefficient (Wildman–Crippen LogP) is 2.52. The van der Waals surface area contributed by atoms with Gasteiger partial charge in [-0.2, -0.15) is 0 Å². The maximum absolute atomic E-state index is 12.6. The van der Waals surface area contributed by atoms with Crippen LogP contribution in [0.3, 0.4) is 0 Å². The minimum atomic E-state index is 0.181. The van der Waals surface area contributed by atoms with Gasteiger partial charge in [0.15, 0.2) is 0 Å². The van der Waals surface area contributed by atoms with E-state index in [1.807, 2.05) is 24.0 Å². The first kappa shape index (κ1) is 14.1. The van der Waals surface area contributed by atoms with Crippen LogP contribution >= 0.6 is 0 Å². The Morgan fingerprint density at radius 1 is 1.42 bits per heavy atom. The van der Waals surface area contributed by atoms with Crippen LogP contribution in [0.25, 0.3) is 0 Å². The Morgan fingerprint density at radius 2 is 2.21 bits per heavy atom. The molecule has 0 radical (unpaired) electrons. The summed E-state index contributed by atoms with van der Waals surface area (Å²) in [5, 5.41) is 3.45. The Kier molecular flexibility index (Phi) is 4.59. The third-order valence-corrected chi connectivity index (χ3v) is 3.81. The first-order chi connectivity index (χ1) is 9.11. The maximum atomic E-state index is 12.6. The number of rotatable bonds is 3. The summed E-state index contributed by atoms with van der Waals surface area (Å²) in [4.78, 5) is 14.6. The number of carbonyl (C=O) groups excluding carboxylic acids is 1. The topological polar surface area (TPSA) is 32.3 Å². The first-order valence-electron chi connectivity index (χ1n) is 7.21. The van der Waals surface area contributed by atoms with E-state index in [0.29, 0.717) is 6.04 Å². The van der Waals surface area contributed by atoms with Gasteiger partial charge in [-0.15, -0.1) is 0 Å². The number of piperidine rings is 1. The van der Waals surface area contributed by atoms with E-state index in [1.54, 1.807) is 0 Å². The zero-order chi connectivity index (χ0) is 13.8. The van der Waals surface area contributed by atoms with E-state index in [0.717, 1.165) is 37.2 Å². The van der Waals surface area contributed by atoms with Crippen LogP contribution in [0.4, 0.5) is 0 Å². The number of hydrogen-bond donors (Lipinski definition) is 1. The number of hydrogen-bond acceptors (Lipinski definition) is 2. The molecule has 0 aromatic heterocycles. The van der Waals surface area contributed by atoms with Crippen molar-refractivity contribution in [2.75, 3.05) is 19.6 Å². The van der Waals surface area contributed by atoms with Gasteiger partial charge in [-0.1, -0.05) is 24.6 Å². The lowest BCUT2D eigenvalue weighted by molar-refractivity contribution is 0.0695. The highest BCUT2D eigenvalue weighted by Crippen LogP contribution is 2.17. The Morgan fingerprint density at radius 3 is 2.89 bits per heavy atom. The van der Waals surface area contributed by atoms with Gasteiger partial charge in [0.1, 0.15) is 0 Å². The Hall–Kier alpha value is -1.35. The third-order valence-electron chi connectivity index (χ3n) is 3.81. The average Bonchev–Trinajstić information content (AvgIpc) is 2.39. The highest BCUT2D eigenvalue weighted by Gasteiger charge is 2.24. The van der Waals surface area contributed by atoms with E-state index in [-0.39, 0.29) is 5.91 Å². The molecule has 0 spiro atoms. The third kappa shape index (κ3) is 3.35. The number of likely N-dealkylation sites (N-methyl/N-ethyl adjacent to an activating group) is 1. The van der Waals surface area contributed by atoms with E-state index in [1.165, 1.54) is 12.0 Å². The second kappa shape index (κ2) is 6.20. The number of benzene rings is 1. The molecule has 1 aromatic rings. The molecule has 19 heavy (non-hydrogen) atoms. The van der Waals surface area contributed by atoms with Crippen molar-refractivity contribution in [3.05, 3.63) is 34.9 Å². The number of nitrogens with one attached hydrogen (secondary N) is 1. The molecule has 0 bridgehead atoms. The number of nitrogens with zero attached hydrogens (tertiary/aromatic N) is 1. The molecule has 1 N–H and O–H groups in total. The van der Waals surface area contributed by atoms with Crippen LogP contribution in [0.2, 0.25) is 0 Å². The van der Waals surface area contributed by atoms with Crippen molar-refractivity contribution < 1.29 is 4.79 Å². The highest BCUT2D eigenvalue weighted by atomic mass is 16.2. The largest absolute Gasteiger partial charge is 0.337 e. The average molecular weight is 260 g/mol. The van der Waals surface area contributed by atoms with Crippen molar-refractivity contribution in [1.29, 1.82) is 0 Å². The van der Waals surface area contributed by atoms with E-state index >= 15 is 0 Å². The quantitative estimate of drug-likeness (QED) is 0.905. The smallest absolute Gasteiger partial charge is 0.254 e. The lowest BCUT2D eigenvalue weighted by atomic mass is 10.0. The Balaban J connectivity index is 2.10. The highest BCUT2D eigenvalue weighted by molar-refractivity contribution is 5.95. The van der Waals surface area contributed by atoms with E-state index in [9.17, 15) is 4.79 Å². The van der Waals surface area contributed by atoms with Gasteiger partial charge in [0.2, 0.25) is 0 Å². The summed E-state index contributed by atoms with van der Waals surface area (Å²) in [6.45, 7) is 8.88. The second-order valence-electron chi connectivity index (χ2n) is 5.47. The molecule has 1 aromatic carbocycles. The Labute approximate surface area is 116 Å². The summed E-state index contributed by atoms with van der Waals surface area (Å²) in [6, 6.07) is 6.52. The number of carbonyl (C=O) groups is 1. The van der Waals surface area contributed by atoms with Gasteiger partial charge in [-0.05, 0) is 44.9 Å². The molecule has 104 valence electrons. The summed E-state index contributed by atoms with van der Waals surface area (Å²) in [6.07, 6.45) is 2.26. The van der Waals surface area contributed by atoms with Crippen LogP contribution < -0.4 is 5.32 Å². The predicted molar refractivity (Wildman–Crippen MR) is 78.5 cm³/mol. The molecule has 0 aliphatic carbocycles. The van der Waals surface area contributed by atoms with Crippen molar-refractivity contribution in [2.24, 2.45) is 0 Å². The molecule has 1 amide bonds. The molecule has 1 aliphatic rings. The molecule has 2 rings (SSSR count). The molecule has 3 nitrogen and oxygen atoms in total. The van der Waals surface area contributed by atoms with E-state index < -0.39 is 0 Å². The van der Waals surface area contributed by atoms with Crippen LogP contribution in [0.5, 0.6) is 0 Å². The van der Waals surface area contributed by atoms with Crippen LogP contribution in [0.15, 0.2) is 18.2 Å². The molecule has 1 heterocycles. The maximum Gasteiger partial charge on any atom is 0.254 e. The molecule has 1 atom stereocenters. The summed E-state index contributed by atoms with van der Waals surface area (Å²) >= 11 is 0. The van der Waals surface area contributed by atoms with Crippen molar-refractivity contribution in [3.8, 4) is 0 Å². The van der Waals surface area contributed by atoms with Crippen LogP contribution in [0, 0.1) is 13.8 Å². The number of aryl methyl sites for hydroxylation is 2. The number of amides is 1. The summed E-state index contributed by atoms with van der Waals surface area (Å²) in [7, 11) is 0. The fourth-order valence-corrected chi connectivity index (χ4v) is 2.84. The van der Waals surface area contributed by atoms with Crippen LogP contribution in [-0.2, 0) is 0 Å². The van der Waals surface area contributed by atoms with Crippen molar-refractivity contribution >= 4 is 5.91 Å². The lowest BCUT2D eigenvalue weighted by Gasteiger charge is -2.33. The standard InChI is InChI=1S/C16H24N2O/c1-4-17-14-6-5-9-18(11-14)16(19)15-8-7-12(2)10-13(15)3/h7-8,10,14,17H,4-6,9,11H2,1-3H3. The molecule has 0 saturated carbocycles. The lowest BCUT2D eigenvalue weighted by Crippen LogP contribution is -2.48. The molecular formula is C16H24N2O. The van der Waals surface area contributed by atoms with Gasteiger partial charge in [-0.25, -0.2) is 0 Å². The molecule has 1 fully saturated rings. The number of likely N-dealkylation sites (tertiary alicyclic amines) is 1. The molecule has 1 saturated heterocycles. The zero-order valence-corrected chi connectivity index (χ0v) is 12.2. The second-order valence-corrected chi connectivity index (χ2v) is 5.47. The SMILES string of the molecule is CCNC1CCCN(C(=O)c2ccc(C)cc2C)C1. The van der Waals surface area contributed by atoms with Gasteiger partial charge < -0.3 is 10.2 Å². The van der Waals surface area contributed by atoms with Crippen molar-refractivity contribution in [2.45, 2.75) is 39.7 Å². The molecule has 1 unspecified atom stereocenters. The van der Waals surface area contributed by atoms with Gasteiger partial charge >= 0.3 is 0 Å². The van der Waals surface area contributed by atoms with E-state index in [2.05, 4.69) is 25.2 Å². The van der Waals surface area contributed by atoms with Gasteiger partial charge in [0.05, 0.1) is 0 Å². The molecule has 1 aliphatic heterocycles. The van der Waals surface area contributed by atoms with Crippen LogP contribution in [-0.4, -0.2) is 36.5 Å². The minimum absolute atomic E-state index is 0.181. The van der Waals surface area contributed by atoms with Crippen LogP contribution in [0.1, 0.15) is 41.3 Å². The first-order valence-corrected chi connectivity index (χ1v) is 7.21. The van der Waals surface area contributed by atoms with Gasteiger partial charge in [-0.3, -0.25) is 4.79 Å². The molecular weight excluding hydrogens is 236 g/mol. The summed E-state index contributed by atoms with van der Waals surface area (Å²) in [5.74, 6) is 0.181. The van der Waals surface area contributed by atoms with Crippen molar-refractivity contribution in [1.82, 2.24) is 10.2 Å². The summed E-state index contributed by atoms with van der Waals surface area (Å²) < 4.78 is 0. The fraction of sp³-hybridized carbons (Fsp3) is 0.562. The molecule has 3 heteroatoms. The monoisotopic (exact) mass is 260 g/mol. The van der Waals surface area contributed by atoms with E-state index in [4.69, 9.17) is 0 Å². The summed E-state index contributed by atoms with van der Waals surface area (Å²) in [5.41, 5.74) is 3.14. The Bertz CT molecular complexity index is 454. The van der Waals surface area contributed by atoms with Crippen molar-refractivity contribution in [3.63, 3.8) is 0 Å². The minimum Gasteiger partial charge on any atom is -0.337 e. The fourth-order valence-electron chi connectivity index (χ4n) is 2.84. The van der Waals surface area contributed by atoms with Gasteiger partial charge in [0.25, 0.3) is 5.91 Å². The zero-order valence-electron chi connectivity index (χ0n) is 12.2.